The number of hydrogen-bond acceptors (Lipinski definition) is 6. The number of fused-ring (bicyclic) bond motifs is 1. The van der Waals surface area contributed by atoms with Crippen LogP contribution >= 0.6 is 0 Å². The van der Waals surface area contributed by atoms with Crippen molar-refractivity contribution in [2.75, 3.05) is 30.8 Å². The molecular formula is C26H30N6O. The SMILES string of the molecule is CNc1cc2c(N[C@H](C)c3cccc(C#N)c3C)nnc(C)c2cc1C(=O)N1CCCCC1. The lowest BCUT2D eigenvalue weighted by Crippen LogP contribution is -2.35. The fourth-order valence-electron chi connectivity index (χ4n) is 4.61. The summed E-state index contributed by atoms with van der Waals surface area (Å²) in [4.78, 5) is 15.2. The standard InChI is InChI=1S/C26H30N6O/c1-16-19(15-27)9-8-10-20(16)17(2)29-25-22-14-24(28-4)23(13-21(22)18(3)30-31-25)26(33)32-11-6-5-7-12-32/h8-10,13-14,17,28H,5-7,11-12H2,1-4H3,(H,29,31)/t17-/m1/s1. The molecule has 0 aliphatic carbocycles. The highest BCUT2D eigenvalue weighted by atomic mass is 16.2. The molecular weight excluding hydrogens is 412 g/mol. The molecule has 1 saturated heterocycles. The summed E-state index contributed by atoms with van der Waals surface area (Å²) in [6.45, 7) is 7.53. The lowest BCUT2D eigenvalue weighted by molar-refractivity contribution is 0.0725. The quantitative estimate of drug-likeness (QED) is 0.580. The topological polar surface area (TPSA) is 93.9 Å². The third-order valence-corrected chi connectivity index (χ3v) is 6.56. The molecule has 1 aliphatic rings. The van der Waals surface area contributed by atoms with Crippen molar-refractivity contribution >= 4 is 28.2 Å². The summed E-state index contributed by atoms with van der Waals surface area (Å²) in [6.07, 6.45) is 3.28. The minimum atomic E-state index is -0.0776. The summed E-state index contributed by atoms with van der Waals surface area (Å²) in [5.41, 5.74) is 4.88. The minimum absolute atomic E-state index is 0.0592. The number of nitrogens with one attached hydrogen (secondary N) is 2. The molecule has 0 radical (unpaired) electrons. The van der Waals surface area contributed by atoms with Crippen molar-refractivity contribution in [3.8, 4) is 6.07 Å². The number of nitrogens with zero attached hydrogens (tertiary/aromatic N) is 4. The lowest BCUT2D eigenvalue weighted by atomic mass is 9.98. The van der Waals surface area contributed by atoms with Crippen molar-refractivity contribution in [2.24, 2.45) is 0 Å². The summed E-state index contributed by atoms with van der Waals surface area (Å²) in [6, 6.07) is 11.8. The average Bonchev–Trinajstić information content (AvgIpc) is 2.85. The smallest absolute Gasteiger partial charge is 0.255 e. The second-order valence-electron chi connectivity index (χ2n) is 8.68. The first-order valence-electron chi connectivity index (χ1n) is 11.5. The lowest BCUT2D eigenvalue weighted by Gasteiger charge is -2.28. The van der Waals surface area contributed by atoms with Crippen LogP contribution in [0.3, 0.4) is 0 Å². The first-order valence-corrected chi connectivity index (χ1v) is 11.5. The number of hydrogen-bond donors (Lipinski definition) is 2. The Labute approximate surface area is 194 Å². The van der Waals surface area contributed by atoms with E-state index in [9.17, 15) is 10.1 Å². The first kappa shape index (κ1) is 22.5. The van der Waals surface area contributed by atoms with E-state index in [0.29, 0.717) is 16.9 Å². The molecule has 0 unspecified atom stereocenters. The van der Waals surface area contributed by atoms with Crippen LogP contribution in [0.4, 0.5) is 11.5 Å². The molecule has 1 aromatic heterocycles. The maximum Gasteiger partial charge on any atom is 0.255 e. The van der Waals surface area contributed by atoms with Crippen molar-refractivity contribution in [3.05, 3.63) is 58.3 Å². The molecule has 1 amide bonds. The summed E-state index contributed by atoms with van der Waals surface area (Å²) in [5.74, 6) is 0.710. The Morgan fingerprint density at radius 2 is 1.88 bits per heavy atom. The monoisotopic (exact) mass is 442 g/mol. The minimum Gasteiger partial charge on any atom is -0.387 e. The van der Waals surface area contributed by atoms with E-state index in [1.54, 1.807) is 0 Å². The molecule has 170 valence electrons. The fraction of sp³-hybridized carbons (Fsp3) is 0.385. The van der Waals surface area contributed by atoms with Crippen molar-refractivity contribution in [3.63, 3.8) is 0 Å². The molecule has 7 nitrogen and oxygen atoms in total. The Morgan fingerprint density at radius 1 is 1.12 bits per heavy atom. The first-order chi connectivity index (χ1) is 15.9. The second kappa shape index (κ2) is 9.45. The van der Waals surface area contributed by atoms with Crippen molar-refractivity contribution in [1.29, 1.82) is 5.26 Å². The van der Waals surface area contributed by atoms with Crippen molar-refractivity contribution < 1.29 is 4.79 Å². The third-order valence-electron chi connectivity index (χ3n) is 6.56. The molecule has 7 heteroatoms. The highest BCUT2D eigenvalue weighted by Crippen LogP contribution is 2.33. The molecule has 2 N–H and O–H groups in total. The van der Waals surface area contributed by atoms with Crippen LogP contribution in [-0.2, 0) is 0 Å². The number of piperidine rings is 1. The Bertz CT molecular complexity index is 1240. The maximum atomic E-state index is 13.3. The van der Waals surface area contributed by atoms with Crippen molar-refractivity contribution in [2.45, 2.75) is 46.1 Å². The molecule has 2 heterocycles. The van der Waals surface area contributed by atoms with Gasteiger partial charge in [-0.2, -0.15) is 10.4 Å². The number of carbonyl (C=O) groups excluding carboxylic acids is 1. The van der Waals surface area contributed by atoms with E-state index in [0.717, 1.165) is 59.2 Å². The molecule has 0 spiro atoms. The summed E-state index contributed by atoms with van der Waals surface area (Å²) in [7, 11) is 1.84. The zero-order valence-corrected chi connectivity index (χ0v) is 19.7. The van der Waals surface area contributed by atoms with E-state index in [1.165, 1.54) is 6.42 Å². The van der Waals surface area contributed by atoms with E-state index >= 15 is 0 Å². The number of benzene rings is 2. The Hall–Kier alpha value is -3.66. The van der Waals surface area contributed by atoms with Gasteiger partial charge in [0.2, 0.25) is 0 Å². The Balaban J connectivity index is 1.74. The van der Waals surface area contributed by atoms with Gasteiger partial charge in [-0.05, 0) is 69.4 Å². The normalized spacial score (nSPS) is 14.6. The number of carbonyl (C=O) groups is 1. The molecule has 3 aromatic rings. The predicted octanol–water partition coefficient (Wildman–Crippen LogP) is 4.96. The highest BCUT2D eigenvalue weighted by Gasteiger charge is 2.23. The molecule has 1 aliphatic heterocycles. The number of aryl methyl sites for hydroxylation is 1. The van der Waals surface area contributed by atoms with Gasteiger partial charge in [-0.3, -0.25) is 4.79 Å². The number of likely N-dealkylation sites (tertiary alicyclic amines) is 1. The van der Waals surface area contributed by atoms with E-state index in [-0.39, 0.29) is 11.9 Å². The van der Waals surface area contributed by atoms with Crippen LogP contribution in [0.1, 0.15) is 65.0 Å². The number of anilines is 2. The van der Waals surface area contributed by atoms with E-state index in [1.807, 2.05) is 63.1 Å². The number of nitriles is 1. The van der Waals surface area contributed by atoms with Gasteiger partial charge in [0.25, 0.3) is 5.91 Å². The van der Waals surface area contributed by atoms with Gasteiger partial charge in [0.1, 0.15) is 0 Å². The molecule has 4 rings (SSSR count). The van der Waals surface area contributed by atoms with Gasteiger partial charge in [-0.25, -0.2) is 0 Å². The molecule has 0 bridgehead atoms. The van der Waals surface area contributed by atoms with Crippen LogP contribution in [0.25, 0.3) is 10.8 Å². The Morgan fingerprint density at radius 3 is 2.58 bits per heavy atom. The molecule has 0 saturated carbocycles. The zero-order valence-electron chi connectivity index (χ0n) is 19.7. The summed E-state index contributed by atoms with van der Waals surface area (Å²) < 4.78 is 0. The van der Waals surface area contributed by atoms with Crippen LogP contribution in [0.2, 0.25) is 0 Å². The van der Waals surface area contributed by atoms with E-state index < -0.39 is 0 Å². The number of aromatic nitrogens is 2. The van der Waals surface area contributed by atoms with Gasteiger partial charge in [0.15, 0.2) is 5.82 Å². The van der Waals surface area contributed by atoms with E-state index in [2.05, 4.69) is 26.9 Å². The van der Waals surface area contributed by atoms with Gasteiger partial charge < -0.3 is 15.5 Å². The van der Waals surface area contributed by atoms with E-state index in [4.69, 9.17) is 0 Å². The van der Waals surface area contributed by atoms with Gasteiger partial charge >= 0.3 is 0 Å². The van der Waals surface area contributed by atoms with Gasteiger partial charge in [-0.15, -0.1) is 5.10 Å². The largest absolute Gasteiger partial charge is 0.387 e. The number of rotatable bonds is 5. The molecule has 1 atom stereocenters. The third kappa shape index (κ3) is 4.34. The van der Waals surface area contributed by atoms with Crippen LogP contribution < -0.4 is 10.6 Å². The molecule has 1 fully saturated rings. The molecule has 33 heavy (non-hydrogen) atoms. The molecule has 2 aromatic carbocycles. The van der Waals surface area contributed by atoms with Gasteiger partial charge in [-0.1, -0.05) is 12.1 Å². The summed E-state index contributed by atoms with van der Waals surface area (Å²) >= 11 is 0. The predicted molar refractivity (Wildman–Crippen MR) is 132 cm³/mol. The van der Waals surface area contributed by atoms with Gasteiger partial charge in [0.05, 0.1) is 28.9 Å². The highest BCUT2D eigenvalue weighted by molar-refractivity contribution is 6.06. The average molecular weight is 443 g/mol. The van der Waals surface area contributed by atoms with Crippen molar-refractivity contribution in [1.82, 2.24) is 15.1 Å². The van der Waals surface area contributed by atoms with Gasteiger partial charge in [0, 0.05) is 36.6 Å². The fourth-order valence-corrected chi connectivity index (χ4v) is 4.61. The maximum absolute atomic E-state index is 13.3. The Kier molecular flexibility index (Phi) is 6.45. The van der Waals surface area contributed by atoms with Crippen LogP contribution in [0.5, 0.6) is 0 Å². The second-order valence-corrected chi connectivity index (χ2v) is 8.68. The zero-order chi connectivity index (χ0) is 23.5. The summed E-state index contributed by atoms with van der Waals surface area (Å²) in [5, 5.41) is 26.7. The van der Waals surface area contributed by atoms with Crippen LogP contribution in [0, 0.1) is 25.2 Å². The van der Waals surface area contributed by atoms with Crippen LogP contribution in [-0.4, -0.2) is 41.1 Å². The van der Waals surface area contributed by atoms with Crippen LogP contribution in [0.15, 0.2) is 30.3 Å². The number of amides is 1.